The monoisotopic (exact) mass is 340 g/mol. The van der Waals surface area contributed by atoms with Crippen LogP contribution in [0.3, 0.4) is 0 Å². The molecular weight excluding hydrogens is 320 g/mol. The van der Waals surface area contributed by atoms with Gasteiger partial charge in [-0.3, -0.25) is 13.9 Å². The maximum atomic E-state index is 12.1. The molecule has 0 atom stereocenters. The Balaban J connectivity index is 1.92. The first-order valence-electron chi connectivity index (χ1n) is 8.21. The van der Waals surface area contributed by atoms with Crippen molar-refractivity contribution in [1.82, 2.24) is 14.1 Å². The summed E-state index contributed by atoms with van der Waals surface area (Å²) in [5.74, 6) is 1.08. The van der Waals surface area contributed by atoms with E-state index in [2.05, 4.69) is 15.2 Å². The lowest BCUT2D eigenvalue weighted by atomic mass is 10.1. The van der Waals surface area contributed by atoms with Crippen LogP contribution in [0.1, 0.15) is 24.8 Å². The summed E-state index contributed by atoms with van der Waals surface area (Å²) in [5.41, 5.74) is -0.611. The quantitative estimate of drug-likeness (QED) is 0.898. The molecule has 2 aromatic heterocycles. The summed E-state index contributed by atoms with van der Waals surface area (Å²) >= 11 is 0. The highest BCUT2D eigenvalue weighted by molar-refractivity contribution is 5.63. The molecule has 2 aromatic rings. The Morgan fingerprint density at radius 1 is 1.12 bits per heavy atom. The molecule has 1 N–H and O–H groups in total. The van der Waals surface area contributed by atoms with Crippen molar-refractivity contribution in [3.05, 3.63) is 44.7 Å². The molecule has 0 unspecified atom stereocenters. The van der Waals surface area contributed by atoms with E-state index in [1.807, 2.05) is 18.2 Å². The maximum Gasteiger partial charge on any atom is 0.332 e. The second-order valence-corrected chi connectivity index (χ2v) is 6.12. The Hall–Kier alpha value is -3.08. The van der Waals surface area contributed by atoms with Crippen molar-refractivity contribution in [1.29, 1.82) is 5.26 Å². The van der Waals surface area contributed by atoms with Crippen LogP contribution in [0.4, 0.5) is 17.3 Å². The predicted octanol–water partition coefficient (Wildman–Crippen LogP) is 1.08. The van der Waals surface area contributed by atoms with Gasteiger partial charge in [0.25, 0.3) is 5.56 Å². The molecular formula is C17H20N6O2. The third-order valence-corrected chi connectivity index (χ3v) is 4.47. The second-order valence-electron chi connectivity index (χ2n) is 6.12. The number of hydrogen-bond donors (Lipinski definition) is 1. The van der Waals surface area contributed by atoms with E-state index in [0.29, 0.717) is 5.69 Å². The number of pyridine rings is 1. The van der Waals surface area contributed by atoms with E-state index < -0.39 is 11.2 Å². The van der Waals surface area contributed by atoms with E-state index in [9.17, 15) is 14.9 Å². The highest BCUT2D eigenvalue weighted by Crippen LogP contribution is 2.21. The summed E-state index contributed by atoms with van der Waals surface area (Å²) in [5, 5.41) is 12.3. The first kappa shape index (κ1) is 16.8. The van der Waals surface area contributed by atoms with Crippen LogP contribution >= 0.6 is 0 Å². The standard InChI is InChI=1S/C17H20N6O2/c1-21-15(13(10-18)16(24)22(2)17(21)25)20-12-6-7-14(19-11-12)23-8-4-3-5-9-23/h6-7,11,20H,3-5,8-9H2,1-2H3. The minimum absolute atomic E-state index is 0.107. The number of nitrogens with one attached hydrogen (secondary N) is 1. The van der Waals surface area contributed by atoms with Gasteiger partial charge >= 0.3 is 5.69 Å². The van der Waals surface area contributed by atoms with Gasteiger partial charge in [-0.25, -0.2) is 9.78 Å². The average Bonchev–Trinajstić information content (AvgIpc) is 2.66. The van der Waals surface area contributed by atoms with Crippen LogP contribution in [0.25, 0.3) is 0 Å². The van der Waals surface area contributed by atoms with Crippen molar-refractivity contribution in [2.45, 2.75) is 19.3 Å². The fourth-order valence-corrected chi connectivity index (χ4v) is 3.00. The van der Waals surface area contributed by atoms with Crippen LogP contribution < -0.4 is 21.5 Å². The molecule has 0 spiro atoms. The first-order valence-corrected chi connectivity index (χ1v) is 8.21. The van der Waals surface area contributed by atoms with Crippen molar-refractivity contribution in [2.75, 3.05) is 23.3 Å². The summed E-state index contributed by atoms with van der Waals surface area (Å²) in [7, 11) is 2.87. The molecule has 3 heterocycles. The third kappa shape index (κ3) is 3.13. The van der Waals surface area contributed by atoms with E-state index in [1.165, 1.54) is 37.9 Å². The molecule has 8 nitrogen and oxygen atoms in total. The number of hydrogen-bond acceptors (Lipinski definition) is 6. The fraction of sp³-hybridized carbons (Fsp3) is 0.412. The van der Waals surface area contributed by atoms with E-state index in [1.54, 1.807) is 6.20 Å². The summed E-state index contributed by atoms with van der Waals surface area (Å²) in [6, 6.07) is 5.61. The van der Waals surface area contributed by atoms with Gasteiger partial charge < -0.3 is 10.2 Å². The van der Waals surface area contributed by atoms with Gasteiger partial charge in [0.05, 0.1) is 11.9 Å². The molecule has 130 valence electrons. The molecule has 1 saturated heterocycles. The number of nitriles is 1. The van der Waals surface area contributed by atoms with Crippen LogP contribution in [0.15, 0.2) is 27.9 Å². The number of piperidine rings is 1. The van der Waals surface area contributed by atoms with Gasteiger partial charge in [-0.2, -0.15) is 5.26 Å². The zero-order chi connectivity index (χ0) is 18.0. The lowest BCUT2D eigenvalue weighted by Gasteiger charge is -2.27. The van der Waals surface area contributed by atoms with Gasteiger partial charge in [-0.05, 0) is 31.4 Å². The first-order chi connectivity index (χ1) is 12.0. The van der Waals surface area contributed by atoms with Crippen LogP contribution in [0.5, 0.6) is 0 Å². The predicted molar refractivity (Wildman–Crippen MR) is 95.2 cm³/mol. The molecule has 0 amide bonds. The van der Waals surface area contributed by atoms with E-state index in [0.717, 1.165) is 23.5 Å². The Morgan fingerprint density at radius 2 is 1.84 bits per heavy atom. The molecule has 0 aromatic carbocycles. The van der Waals surface area contributed by atoms with Crippen molar-refractivity contribution in [3.8, 4) is 6.07 Å². The number of nitrogens with zero attached hydrogens (tertiary/aromatic N) is 5. The topological polar surface area (TPSA) is 95.9 Å². The van der Waals surface area contributed by atoms with Crippen molar-refractivity contribution < 1.29 is 0 Å². The minimum Gasteiger partial charge on any atom is -0.357 e. The van der Waals surface area contributed by atoms with Crippen LogP contribution in [-0.2, 0) is 14.1 Å². The zero-order valence-corrected chi connectivity index (χ0v) is 14.3. The molecule has 3 rings (SSSR count). The molecule has 0 bridgehead atoms. The van der Waals surface area contributed by atoms with Gasteiger partial charge in [-0.1, -0.05) is 0 Å². The van der Waals surface area contributed by atoms with E-state index in [-0.39, 0.29) is 11.4 Å². The molecule has 0 saturated carbocycles. The Labute approximate surface area is 145 Å². The van der Waals surface area contributed by atoms with E-state index >= 15 is 0 Å². The molecule has 25 heavy (non-hydrogen) atoms. The summed E-state index contributed by atoms with van der Waals surface area (Å²) in [6.07, 6.45) is 5.24. The summed E-state index contributed by atoms with van der Waals surface area (Å²) in [6.45, 7) is 2.00. The maximum absolute atomic E-state index is 12.1. The van der Waals surface area contributed by atoms with Gasteiger partial charge in [-0.15, -0.1) is 0 Å². The van der Waals surface area contributed by atoms with Crippen LogP contribution in [0, 0.1) is 11.3 Å². The normalized spacial score (nSPS) is 14.2. The molecule has 0 radical (unpaired) electrons. The smallest absolute Gasteiger partial charge is 0.332 e. The SMILES string of the molecule is Cn1c(Nc2ccc(N3CCCCC3)nc2)c(C#N)c(=O)n(C)c1=O. The van der Waals surface area contributed by atoms with Gasteiger partial charge in [0, 0.05) is 27.2 Å². The van der Waals surface area contributed by atoms with Crippen LogP contribution in [-0.4, -0.2) is 27.2 Å². The molecule has 0 aliphatic carbocycles. The average molecular weight is 340 g/mol. The second kappa shape index (κ2) is 6.81. The Morgan fingerprint density at radius 3 is 2.44 bits per heavy atom. The fourth-order valence-electron chi connectivity index (χ4n) is 3.00. The summed E-state index contributed by atoms with van der Waals surface area (Å²) < 4.78 is 2.17. The Kier molecular flexibility index (Phi) is 4.57. The number of anilines is 3. The highest BCUT2D eigenvalue weighted by atomic mass is 16.2. The van der Waals surface area contributed by atoms with Crippen LogP contribution in [0.2, 0.25) is 0 Å². The number of rotatable bonds is 3. The Bertz CT molecular complexity index is 930. The van der Waals surface area contributed by atoms with Crippen molar-refractivity contribution >= 4 is 17.3 Å². The largest absolute Gasteiger partial charge is 0.357 e. The van der Waals surface area contributed by atoms with Crippen molar-refractivity contribution in [2.24, 2.45) is 14.1 Å². The van der Waals surface area contributed by atoms with Gasteiger partial charge in [0.1, 0.15) is 17.7 Å². The van der Waals surface area contributed by atoms with Gasteiger partial charge in [0.15, 0.2) is 5.56 Å². The van der Waals surface area contributed by atoms with Gasteiger partial charge in [0.2, 0.25) is 0 Å². The zero-order valence-electron chi connectivity index (χ0n) is 14.3. The van der Waals surface area contributed by atoms with E-state index in [4.69, 9.17) is 0 Å². The van der Waals surface area contributed by atoms with Crippen molar-refractivity contribution in [3.63, 3.8) is 0 Å². The molecule has 1 fully saturated rings. The lowest BCUT2D eigenvalue weighted by molar-refractivity contribution is 0.573. The third-order valence-electron chi connectivity index (χ3n) is 4.47. The molecule has 8 heteroatoms. The lowest BCUT2D eigenvalue weighted by Crippen LogP contribution is -2.39. The molecule has 1 aliphatic heterocycles. The minimum atomic E-state index is -0.619. The highest BCUT2D eigenvalue weighted by Gasteiger charge is 2.16. The number of aromatic nitrogens is 3. The summed E-state index contributed by atoms with van der Waals surface area (Å²) in [4.78, 5) is 30.9. The molecule has 1 aliphatic rings.